The van der Waals surface area contributed by atoms with E-state index < -0.39 is 5.60 Å². The Kier molecular flexibility index (Phi) is 12.9. The molecule has 8 nitrogen and oxygen atoms in total. The van der Waals surface area contributed by atoms with Gasteiger partial charge in [-0.2, -0.15) is 0 Å². The number of H-pyrrole nitrogens is 1. The summed E-state index contributed by atoms with van der Waals surface area (Å²) >= 11 is 3.74. The number of ether oxygens (including phenoxy) is 1. The summed E-state index contributed by atoms with van der Waals surface area (Å²) in [6, 6.07) is 19.6. The normalized spacial score (nSPS) is 14.6. The number of fused-ring (bicyclic) bond motifs is 1. The monoisotopic (exact) mass is 704 g/mol. The molecule has 4 aromatic rings. The molecule has 0 spiro atoms. The number of hydrogen-bond acceptors (Lipinski definition) is 6. The van der Waals surface area contributed by atoms with E-state index in [9.17, 15) is 4.79 Å². The first-order valence-corrected chi connectivity index (χ1v) is 17.8. The first kappa shape index (κ1) is 36.4. The second-order valence-corrected chi connectivity index (χ2v) is 14.7. The third kappa shape index (κ3) is 10.3. The van der Waals surface area contributed by atoms with Crippen LogP contribution in [0.5, 0.6) is 0 Å². The molecule has 1 unspecified atom stereocenters. The number of benzene rings is 2. The fraction of sp³-hybridized carbons (Fsp3) is 0.500. The van der Waals surface area contributed by atoms with E-state index in [-0.39, 0.29) is 6.09 Å². The molecule has 47 heavy (non-hydrogen) atoms. The van der Waals surface area contributed by atoms with E-state index in [2.05, 4.69) is 125 Å². The predicted octanol–water partition coefficient (Wildman–Crippen LogP) is 9.26. The van der Waals surface area contributed by atoms with Crippen molar-refractivity contribution in [2.45, 2.75) is 79.9 Å². The minimum atomic E-state index is -0.402. The second-order valence-electron chi connectivity index (χ2n) is 13.9. The summed E-state index contributed by atoms with van der Waals surface area (Å²) in [6.07, 6.45) is 3.68. The third-order valence-electron chi connectivity index (χ3n) is 8.35. The predicted molar refractivity (Wildman–Crippen MR) is 198 cm³/mol. The molecule has 2 aromatic carbocycles. The molecule has 2 aromatic heterocycles. The zero-order valence-electron chi connectivity index (χ0n) is 29.5. The lowest BCUT2D eigenvalue weighted by atomic mass is 10.1. The molecule has 1 aliphatic rings. The van der Waals surface area contributed by atoms with Crippen molar-refractivity contribution in [3.63, 3.8) is 0 Å². The number of aromatic amines is 1. The van der Waals surface area contributed by atoms with Gasteiger partial charge < -0.3 is 19.5 Å². The number of aromatic nitrogens is 3. The highest BCUT2D eigenvalue weighted by molar-refractivity contribution is 9.10. The van der Waals surface area contributed by atoms with Gasteiger partial charge >= 0.3 is 6.09 Å². The van der Waals surface area contributed by atoms with E-state index >= 15 is 0 Å². The van der Waals surface area contributed by atoms with E-state index in [0.29, 0.717) is 12.0 Å². The van der Waals surface area contributed by atoms with E-state index in [4.69, 9.17) is 9.72 Å². The van der Waals surface area contributed by atoms with Crippen LogP contribution in [0.2, 0.25) is 0 Å². The molecule has 1 amide bonds. The molecule has 3 heterocycles. The smallest absolute Gasteiger partial charge is 0.410 e. The van der Waals surface area contributed by atoms with E-state index in [1.54, 1.807) is 0 Å². The Morgan fingerprint density at radius 2 is 1.66 bits per heavy atom. The van der Waals surface area contributed by atoms with Crippen LogP contribution < -0.4 is 4.90 Å². The van der Waals surface area contributed by atoms with Gasteiger partial charge in [0.1, 0.15) is 16.9 Å². The Hall–Kier alpha value is -3.43. The molecule has 9 heteroatoms. The van der Waals surface area contributed by atoms with Crippen molar-refractivity contribution in [3.05, 3.63) is 76.4 Å². The number of rotatable bonds is 9. The molecule has 0 saturated carbocycles. The van der Waals surface area contributed by atoms with Gasteiger partial charge in [-0.1, -0.05) is 80.9 Å². The number of halogens is 1. The van der Waals surface area contributed by atoms with Crippen LogP contribution in [0.25, 0.3) is 22.6 Å². The van der Waals surface area contributed by atoms with Crippen LogP contribution in [-0.2, 0) is 4.74 Å². The quantitative estimate of drug-likeness (QED) is 0.187. The molecule has 254 valence electrons. The Morgan fingerprint density at radius 3 is 2.26 bits per heavy atom. The minimum Gasteiger partial charge on any atom is -0.444 e. The maximum Gasteiger partial charge on any atom is 0.410 e. The number of piperazine rings is 1. The van der Waals surface area contributed by atoms with E-state index in [1.165, 1.54) is 11.1 Å². The van der Waals surface area contributed by atoms with Crippen LogP contribution in [0.1, 0.15) is 78.5 Å². The molecular weight excluding hydrogens is 652 g/mol. The lowest BCUT2D eigenvalue weighted by Gasteiger charge is -2.39. The Balaban J connectivity index is 0.000000267. The summed E-state index contributed by atoms with van der Waals surface area (Å²) in [4.78, 5) is 31.5. The summed E-state index contributed by atoms with van der Waals surface area (Å²) in [5.74, 6) is 1.47. The number of imidazole rings is 1. The number of nitrogens with one attached hydrogen (secondary N) is 1. The van der Waals surface area contributed by atoms with Gasteiger partial charge in [-0.3, -0.25) is 4.90 Å². The molecular formula is C38H53BrN6O2. The van der Waals surface area contributed by atoms with Gasteiger partial charge in [0, 0.05) is 57.1 Å². The van der Waals surface area contributed by atoms with Crippen LogP contribution in [0.4, 0.5) is 10.5 Å². The van der Waals surface area contributed by atoms with Crippen molar-refractivity contribution in [2.75, 3.05) is 44.2 Å². The van der Waals surface area contributed by atoms with Crippen LogP contribution in [-0.4, -0.2) is 75.7 Å². The SMILES string of the molecule is CCCN(CCC(C)C)C(=O)OC(C)(C)C.Cc1ccc(-c2nc3ncc(Br)c(N4CCN(C(C)c5ccccc5)CC4)c3[nH]2)cc1. The first-order valence-electron chi connectivity index (χ1n) is 17.0. The van der Waals surface area contributed by atoms with Crippen LogP contribution in [0.15, 0.2) is 65.3 Å². The number of amides is 1. The standard InChI is InChI=1S/C25H26BrN5.C13H27NO2/c1-17-8-10-20(11-9-17)24-28-22-23(21(26)16-27-25(22)29-24)31-14-12-30(13-15-31)18(2)19-6-4-3-5-7-19;1-7-9-14(10-8-11(2)3)12(15)16-13(4,5)6/h3-11,16,18H,12-15H2,1-2H3,(H,27,28,29);11H,7-10H2,1-6H3. The second kappa shape index (κ2) is 16.6. The zero-order chi connectivity index (χ0) is 34.1. The number of aryl methyl sites for hydroxylation is 1. The average molecular weight is 706 g/mol. The number of hydrogen-bond donors (Lipinski definition) is 1. The molecule has 1 N–H and O–H groups in total. The number of carbonyl (C=O) groups is 1. The zero-order valence-corrected chi connectivity index (χ0v) is 31.1. The Labute approximate surface area is 290 Å². The van der Waals surface area contributed by atoms with E-state index in [0.717, 1.165) is 84.8 Å². The average Bonchev–Trinajstić information content (AvgIpc) is 3.47. The molecule has 1 aliphatic heterocycles. The summed E-state index contributed by atoms with van der Waals surface area (Å²) in [5, 5.41) is 0. The number of nitrogens with zero attached hydrogens (tertiary/aromatic N) is 5. The van der Waals surface area contributed by atoms with Gasteiger partial charge in [0.25, 0.3) is 0 Å². The summed E-state index contributed by atoms with van der Waals surface area (Å²) in [5.41, 5.74) is 6.20. The van der Waals surface area contributed by atoms with E-state index in [1.807, 2.05) is 31.9 Å². The first-order chi connectivity index (χ1) is 22.4. The van der Waals surface area contributed by atoms with Gasteiger partial charge in [-0.15, -0.1) is 0 Å². The lowest BCUT2D eigenvalue weighted by molar-refractivity contribution is 0.0242. The molecule has 0 aliphatic carbocycles. The minimum absolute atomic E-state index is 0.185. The number of carbonyl (C=O) groups excluding carboxylic acids is 1. The van der Waals surface area contributed by atoms with Crippen LogP contribution >= 0.6 is 15.9 Å². The highest BCUT2D eigenvalue weighted by Gasteiger charge is 2.26. The Morgan fingerprint density at radius 1 is 1.00 bits per heavy atom. The molecule has 5 rings (SSSR count). The van der Waals surface area contributed by atoms with Gasteiger partial charge in [0.05, 0.1) is 10.2 Å². The fourth-order valence-electron chi connectivity index (χ4n) is 5.66. The Bertz CT molecular complexity index is 1560. The largest absolute Gasteiger partial charge is 0.444 e. The summed E-state index contributed by atoms with van der Waals surface area (Å²) < 4.78 is 6.38. The van der Waals surface area contributed by atoms with Crippen molar-refractivity contribution >= 4 is 38.9 Å². The number of anilines is 1. The number of pyridine rings is 1. The highest BCUT2D eigenvalue weighted by atomic mass is 79.9. The molecule has 0 radical (unpaired) electrons. The lowest BCUT2D eigenvalue weighted by Crippen LogP contribution is -2.47. The van der Waals surface area contributed by atoms with Crippen molar-refractivity contribution < 1.29 is 9.53 Å². The molecule has 0 bridgehead atoms. The molecule has 1 saturated heterocycles. The van der Waals surface area contributed by atoms with Crippen molar-refractivity contribution in [1.29, 1.82) is 0 Å². The van der Waals surface area contributed by atoms with Gasteiger partial charge in [-0.05, 0) is 74.9 Å². The van der Waals surface area contributed by atoms with Crippen molar-refractivity contribution in [3.8, 4) is 11.4 Å². The van der Waals surface area contributed by atoms with Crippen molar-refractivity contribution in [2.24, 2.45) is 5.92 Å². The van der Waals surface area contributed by atoms with Crippen LogP contribution in [0.3, 0.4) is 0 Å². The molecule has 1 atom stereocenters. The van der Waals surface area contributed by atoms with Crippen LogP contribution in [0, 0.1) is 12.8 Å². The highest BCUT2D eigenvalue weighted by Crippen LogP contribution is 2.35. The fourth-order valence-corrected chi connectivity index (χ4v) is 6.21. The van der Waals surface area contributed by atoms with Crippen molar-refractivity contribution in [1.82, 2.24) is 24.8 Å². The van der Waals surface area contributed by atoms with Gasteiger partial charge in [0.15, 0.2) is 5.65 Å². The van der Waals surface area contributed by atoms with Gasteiger partial charge in [0.2, 0.25) is 0 Å². The third-order valence-corrected chi connectivity index (χ3v) is 8.94. The molecule has 1 fully saturated rings. The maximum atomic E-state index is 11.9. The topological polar surface area (TPSA) is 77.6 Å². The van der Waals surface area contributed by atoms with Gasteiger partial charge in [-0.25, -0.2) is 14.8 Å². The maximum absolute atomic E-state index is 11.9. The summed E-state index contributed by atoms with van der Waals surface area (Å²) in [6.45, 7) is 22.0. The summed E-state index contributed by atoms with van der Waals surface area (Å²) in [7, 11) is 0.